The number of ether oxygens (including phenoxy) is 1. The van der Waals surface area contributed by atoms with Gasteiger partial charge in [-0.1, -0.05) is 11.6 Å². The van der Waals surface area contributed by atoms with Crippen LogP contribution in [-0.2, 0) is 17.7 Å². The Kier molecular flexibility index (Phi) is 4.39. The third-order valence-electron chi connectivity index (χ3n) is 3.20. The fourth-order valence-corrected chi connectivity index (χ4v) is 2.39. The van der Waals surface area contributed by atoms with E-state index in [4.69, 9.17) is 27.9 Å². The molecule has 0 N–H and O–H groups in total. The predicted molar refractivity (Wildman–Crippen MR) is 80.3 cm³/mol. The van der Waals surface area contributed by atoms with Crippen molar-refractivity contribution in [3.05, 3.63) is 29.0 Å². The summed E-state index contributed by atoms with van der Waals surface area (Å²) in [5.41, 5.74) is 1.71. The number of methoxy groups -OCH3 is 1. The number of halogens is 2. The Morgan fingerprint density at radius 2 is 2.11 bits per heavy atom. The Morgan fingerprint density at radius 1 is 1.37 bits per heavy atom. The largest absolute Gasteiger partial charge is 0.377 e. The molecule has 0 atom stereocenters. The van der Waals surface area contributed by atoms with Gasteiger partial charge in [-0.25, -0.2) is 4.98 Å². The first-order valence-electron chi connectivity index (χ1n) is 6.22. The number of hydrogen-bond acceptors (Lipinski definition) is 2. The van der Waals surface area contributed by atoms with E-state index in [1.807, 2.05) is 18.2 Å². The average molecular weight is 301 g/mol. The first-order valence-corrected chi connectivity index (χ1v) is 7.14. The second-order valence-corrected chi connectivity index (χ2v) is 5.96. The number of aromatic nitrogens is 2. The molecule has 0 saturated heterocycles. The summed E-state index contributed by atoms with van der Waals surface area (Å²) >= 11 is 11.9. The van der Waals surface area contributed by atoms with Gasteiger partial charge in [0.1, 0.15) is 5.82 Å². The van der Waals surface area contributed by atoms with Crippen molar-refractivity contribution in [1.82, 2.24) is 9.55 Å². The van der Waals surface area contributed by atoms with Gasteiger partial charge in [0.15, 0.2) is 0 Å². The summed E-state index contributed by atoms with van der Waals surface area (Å²) in [4.78, 5) is 4.62. The molecule has 1 heterocycles. The van der Waals surface area contributed by atoms with E-state index in [9.17, 15) is 0 Å². The molecule has 2 aromatic rings. The molecule has 0 aliphatic rings. The molecule has 0 bridgehead atoms. The molecule has 3 nitrogen and oxygen atoms in total. The van der Waals surface area contributed by atoms with Crippen molar-refractivity contribution in [3.8, 4) is 0 Å². The van der Waals surface area contributed by atoms with E-state index < -0.39 is 0 Å². The highest BCUT2D eigenvalue weighted by atomic mass is 35.5. The Bertz CT molecular complexity index is 578. The lowest BCUT2D eigenvalue weighted by atomic mass is 10.1. The summed E-state index contributed by atoms with van der Waals surface area (Å²) in [7, 11) is 1.72. The molecular formula is C14H18Cl2N2O. The van der Waals surface area contributed by atoms with E-state index >= 15 is 0 Å². The van der Waals surface area contributed by atoms with Crippen molar-refractivity contribution in [2.24, 2.45) is 0 Å². The highest BCUT2D eigenvalue weighted by molar-refractivity contribution is 6.31. The summed E-state index contributed by atoms with van der Waals surface area (Å²) in [6.45, 7) is 4.84. The second kappa shape index (κ2) is 5.70. The van der Waals surface area contributed by atoms with Gasteiger partial charge in [0, 0.05) is 24.4 Å². The summed E-state index contributed by atoms with van der Waals surface area (Å²) < 4.78 is 7.67. The van der Waals surface area contributed by atoms with E-state index in [0.717, 1.165) is 29.8 Å². The van der Waals surface area contributed by atoms with Crippen LogP contribution in [0.5, 0.6) is 0 Å². The minimum atomic E-state index is -0.256. The molecule has 1 aromatic carbocycles. The quantitative estimate of drug-likeness (QED) is 0.783. The monoisotopic (exact) mass is 300 g/mol. The molecule has 2 rings (SSSR count). The lowest BCUT2D eigenvalue weighted by Gasteiger charge is -2.24. The van der Waals surface area contributed by atoms with Gasteiger partial charge in [0.05, 0.1) is 23.2 Å². The molecule has 104 valence electrons. The SMILES string of the molecule is COC(C)(C)Cn1c(CCCl)nc2cc(Cl)ccc21. The predicted octanol–water partition coefficient (Wildman–Crippen LogP) is 3.90. The number of fused-ring (bicyclic) bond motifs is 1. The molecule has 0 aliphatic carbocycles. The fraction of sp³-hybridized carbons (Fsp3) is 0.500. The van der Waals surface area contributed by atoms with Gasteiger partial charge >= 0.3 is 0 Å². The van der Waals surface area contributed by atoms with E-state index in [1.54, 1.807) is 7.11 Å². The molecule has 0 saturated carbocycles. The summed E-state index contributed by atoms with van der Waals surface area (Å²) in [5, 5.41) is 0.695. The van der Waals surface area contributed by atoms with Crippen molar-refractivity contribution in [1.29, 1.82) is 0 Å². The molecule has 0 aliphatic heterocycles. The van der Waals surface area contributed by atoms with Gasteiger partial charge in [0.2, 0.25) is 0 Å². The highest BCUT2D eigenvalue weighted by Gasteiger charge is 2.21. The molecule has 0 spiro atoms. The molecular weight excluding hydrogens is 283 g/mol. The van der Waals surface area contributed by atoms with Crippen LogP contribution in [0.2, 0.25) is 5.02 Å². The summed E-state index contributed by atoms with van der Waals surface area (Å²) in [6, 6.07) is 5.76. The zero-order valence-electron chi connectivity index (χ0n) is 11.4. The number of benzene rings is 1. The standard InChI is InChI=1S/C14H18Cl2N2O/c1-14(2,19-3)9-18-12-5-4-10(16)8-11(12)17-13(18)6-7-15/h4-5,8H,6-7,9H2,1-3H3. The van der Waals surface area contributed by atoms with Crippen molar-refractivity contribution in [2.45, 2.75) is 32.4 Å². The van der Waals surface area contributed by atoms with Crippen molar-refractivity contribution >= 4 is 34.2 Å². The number of aryl methyl sites for hydroxylation is 1. The van der Waals surface area contributed by atoms with Crippen LogP contribution in [0.4, 0.5) is 0 Å². The number of hydrogen-bond donors (Lipinski definition) is 0. The Balaban J connectivity index is 2.52. The Labute approximate surface area is 123 Å². The van der Waals surface area contributed by atoms with Crippen LogP contribution in [-0.4, -0.2) is 28.1 Å². The lowest BCUT2D eigenvalue weighted by Crippen LogP contribution is -2.29. The van der Waals surface area contributed by atoms with E-state index in [1.165, 1.54) is 0 Å². The summed E-state index contributed by atoms with van der Waals surface area (Å²) in [5.74, 6) is 1.52. The third kappa shape index (κ3) is 3.22. The lowest BCUT2D eigenvalue weighted by molar-refractivity contribution is 0.00846. The zero-order valence-corrected chi connectivity index (χ0v) is 12.9. The molecule has 0 fully saturated rings. The zero-order chi connectivity index (χ0) is 14.0. The number of nitrogens with zero attached hydrogens (tertiary/aromatic N) is 2. The average Bonchev–Trinajstić information content (AvgIpc) is 2.67. The molecule has 1 aromatic heterocycles. The maximum absolute atomic E-state index is 6.02. The second-order valence-electron chi connectivity index (χ2n) is 5.15. The van der Waals surface area contributed by atoms with Gasteiger partial charge < -0.3 is 9.30 Å². The van der Waals surface area contributed by atoms with Crippen LogP contribution in [0, 0.1) is 0 Å². The van der Waals surface area contributed by atoms with E-state index in [-0.39, 0.29) is 5.60 Å². The highest BCUT2D eigenvalue weighted by Crippen LogP contribution is 2.24. The molecule has 0 unspecified atom stereocenters. The van der Waals surface area contributed by atoms with E-state index in [2.05, 4.69) is 23.4 Å². The van der Waals surface area contributed by atoms with Crippen molar-refractivity contribution in [2.75, 3.05) is 13.0 Å². The maximum atomic E-state index is 6.02. The topological polar surface area (TPSA) is 27.1 Å². The van der Waals surface area contributed by atoms with Crippen LogP contribution in [0.25, 0.3) is 11.0 Å². The summed E-state index contributed by atoms with van der Waals surface area (Å²) in [6.07, 6.45) is 0.730. The molecule has 19 heavy (non-hydrogen) atoms. The van der Waals surface area contributed by atoms with Crippen LogP contribution < -0.4 is 0 Å². The normalized spacial score (nSPS) is 12.3. The minimum Gasteiger partial charge on any atom is -0.377 e. The smallest absolute Gasteiger partial charge is 0.111 e. The van der Waals surface area contributed by atoms with Crippen molar-refractivity contribution in [3.63, 3.8) is 0 Å². The number of rotatable bonds is 5. The number of imidazole rings is 1. The van der Waals surface area contributed by atoms with Gasteiger partial charge in [-0.2, -0.15) is 0 Å². The third-order valence-corrected chi connectivity index (χ3v) is 3.62. The van der Waals surface area contributed by atoms with E-state index in [0.29, 0.717) is 10.9 Å². The molecule has 0 amide bonds. The maximum Gasteiger partial charge on any atom is 0.111 e. The first-order chi connectivity index (χ1) is 8.96. The van der Waals surface area contributed by atoms with Gasteiger partial charge in [-0.05, 0) is 32.0 Å². The Hall–Kier alpha value is -0.770. The van der Waals surface area contributed by atoms with Crippen LogP contribution in [0.1, 0.15) is 19.7 Å². The minimum absolute atomic E-state index is 0.256. The first kappa shape index (κ1) is 14.6. The van der Waals surface area contributed by atoms with Crippen LogP contribution in [0.15, 0.2) is 18.2 Å². The van der Waals surface area contributed by atoms with Gasteiger partial charge in [-0.15, -0.1) is 11.6 Å². The van der Waals surface area contributed by atoms with Crippen LogP contribution >= 0.6 is 23.2 Å². The van der Waals surface area contributed by atoms with Gasteiger partial charge in [-0.3, -0.25) is 0 Å². The Morgan fingerprint density at radius 3 is 2.74 bits per heavy atom. The van der Waals surface area contributed by atoms with Crippen molar-refractivity contribution < 1.29 is 4.74 Å². The van der Waals surface area contributed by atoms with Gasteiger partial charge in [0.25, 0.3) is 0 Å². The number of alkyl halides is 1. The van der Waals surface area contributed by atoms with Crippen LogP contribution in [0.3, 0.4) is 0 Å². The fourth-order valence-electron chi connectivity index (χ4n) is 2.05. The molecule has 5 heteroatoms. The molecule has 0 radical (unpaired) electrons.